The van der Waals surface area contributed by atoms with Gasteiger partial charge >= 0.3 is 0 Å². The molecule has 0 spiro atoms. The Morgan fingerprint density at radius 3 is 2.81 bits per heavy atom. The third-order valence-electron chi connectivity index (χ3n) is 2.21. The summed E-state index contributed by atoms with van der Waals surface area (Å²) >= 11 is 0. The maximum Gasteiger partial charge on any atom is 0.241 e. The lowest BCUT2D eigenvalue weighted by Gasteiger charge is -2.10. The monoisotopic (exact) mass is 219 g/mol. The fourth-order valence-electron chi connectivity index (χ4n) is 1.44. The van der Waals surface area contributed by atoms with Crippen LogP contribution in [-0.2, 0) is 6.54 Å². The molecule has 0 aliphatic rings. The van der Waals surface area contributed by atoms with E-state index in [0.717, 1.165) is 5.75 Å². The Labute approximate surface area is 94.1 Å². The fourth-order valence-corrected chi connectivity index (χ4v) is 1.44. The van der Waals surface area contributed by atoms with Gasteiger partial charge in [-0.2, -0.15) is 0 Å². The van der Waals surface area contributed by atoms with Crippen LogP contribution in [0, 0.1) is 0 Å². The number of imidazole rings is 1. The zero-order chi connectivity index (χ0) is 11.2. The first-order valence-electron chi connectivity index (χ1n) is 5.22. The van der Waals surface area contributed by atoms with Crippen LogP contribution in [0.1, 0.15) is 0 Å². The van der Waals surface area contributed by atoms with Crippen molar-refractivity contribution < 1.29 is 14.4 Å². The highest BCUT2D eigenvalue weighted by molar-refractivity contribution is 5.20. The summed E-state index contributed by atoms with van der Waals surface area (Å²) in [6.45, 7) is 0.818. The molecule has 0 fully saturated rings. The van der Waals surface area contributed by atoms with Crippen LogP contribution in [0.15, 0.2) is 49.1 Å². The third kappa shape index (κ3) is 3.10. The lowest BCUT2D eigenvalue weighted by molar-refractivity contribution is -0.702. The summed E-state index contributed by atoms with van der Waals surface area (Å²) in [4.78, 5) is 2.92. The minimum Gasteiger partial charge on any atom is -0.491 e. The van der Waals surface area contributed by atoms with Gasteiger partial charge in [-0.1, -0.05) is 18.2 Å². The van der Waals surface area contributed by atoms with Gasteiger partial charge < -0.3 is 9.84 Å². The number of rotatable bonds is 5. The second-order valence-electron chi connectivity index (χ2n) is 3.59. The molecule has 0 saturated carbocycles. The summed E-state index contributed by atoms with van der Waals surface area (Å²) in [5.74, 6) is 0.778. The van der Waals surface area contributed by atoms with Gasteiger partial charge in [0.2, 0.25) is 6.33 Å². The summed E-state index contributed by atoms with van der Waals surface area (Å²) < 4.78 is 7.32. The molecule has 2 N–H and O–H groups in total. The first-order valence-corrected chi connectivity index (χ1v) is 5.22. The van der Waals surface area contributed by atoms with Crippen molar-refractivity contribution in [2.45, 2.75) is 12.6 Å². The first kappa shape index (κ1) is 10.7. The van der Waals surface area contributed by atoms with Crippen LogP contribution in [0.25, 0.3) is 0 Å². The second-order valence-corrected chi connectivity index (χ2v) is 3.59. The summed E-state index contributed by atoms with van der Waals surface area (Å²) in [5, 5.41) is 9.72. The van der Waals surface area contributed by atoms with Crippen LogP contribution < -0.4 is 9.30 Å². The van der Waals surface area contributed by atoms with Crippen LogP contribution in [-0.4, -0.2) is 22.8 Å². The number of aliphatic hydroxyl groups excluding tert-OH is 1. The Hall–Kier alpha value is -1.81. The minimum atomic E-state index is -0.513. The smallest absolute Gasteiger partial charge is 0.241 e. The molecule has 0 aliphatic heterocycles. The molecule has 2 rings (SSSR count). The normalized spacial score (nSPS) is 12.3. The van der Waals surface area contributed by atoms with Crippen LogP contribution >= 0.6 is 0 Å². The van der Waals surface area contributed by atoms with Gasteiger partial charge in [-0.15, -0.1) is 0 Å². The molecular formula is C12H15N2O2+. The van der Waals surface area contributed by atoms with E-state index in [0.29, 0.717) is 13.2 Å². The molecule has 0 saturated heterocycles. The standard InChI is InChI=1S/C12H14N2O2/c15-11(8-14-7-6-13-10-14)9-16-12-4-2-1-3-5-12/h1-7,10-11,15H,8-9H2/p+1. The highest BCUT2D eigenvalue weighted by Crippen LogP contribution is 2.08. The van der Waals surface area contributed by atoms with E-state index in [1.807, 2.05) is 47.3 Å². The molecule has 4 nitrogen and oxygen atoms in total. The third-order valence-corrected chi connectivity index (χ3v) is 2.21. The van der Waals surface area contributed by atoms with Crippen molar-refractivity contribution in [3.63, 3.8) is 0 Å². The maximum absolute atomic E-state index is 9.72. The van der Waals surface area contributed by atoms with Gasteiger partial charge in [-0.3, -0.25) is 4.98 Å². The number of aromatic amines is 1. The number of aliphatic hydroxyl groups is 1. The van der Waals surface area contributed by atoms with Crippen molar-refractivity contribution in [1.82, 2.24) is 4.98 Å². The molecule has 0 amide bonds. The average Bonchev–Trinajstić information content (AvgIpc) is 2.81. The number of nitrogens with one attached hydrogen (secondary N) is 1. The number of hydrogen-bond donors (Lipinski definition) is 2. The molecule has 16 heavy (non-hydrogen) atoms. The molecule has 84 valence electrons. The Morgan fingerprint density at radius 1 is 1.31 bits per heavy atom. The van der Waals surface area contributed by atoms with Gasteiger partial charge in [0.1, 0.15) is 37.4 Å². The Morgan fingerprint density at radius 2 is 2.12 bits per heavy atom. The van der Waals surface area contributed by atoms with Crippen molar-refractivity contribution >= 4 is 0 Å². The highest BCUT2D eigenvalue weighted by Gasteiger charge is 2.09. The Balaban J connectivity index is 1.78. The molecular weight excluding hydrogens is 204 g/mol. The van der Waals surface area contributed by atoms with Gasteiger partial charge in [0.05, 0.1) is 0 Å². The van der Waals surface area contributed by atoms with E-state index in [1.54, 1.807) is 6.33 Å². The predicted octanol–water partition coefficient (Wildman–Crippen LogP) is 0.742. The van der Waals surface area contributed by atoms with Crippen molar-refractivity contribution in [3.8, 4) is 5.75 Å². The van der Waals surface area contributed by atoms with Crippen LogP contribution in [0.3, 0.4) is 0 Å². The molecule has 1 heterocycles. The minimum absolute atomic E-state index is 0.294. The van der Waals surface area contributed by atoms with Gasteiger partial charge in [-0.05, 0) is 12.1 Å². The summed E-state index contributed by atoms with van der Waals surface area (Å²) in [6.07, 6.45) is 4.96. The lowest BCUT2D eigenvalue weighted by atomic mass is 10.3. The number of ether oxygens (including phenoxy) is 1. The van der Waals surface area contributed by atoms with Gasteiger partial charge in [0.25, 0.3) is 0 Å². The molecule has 0 bridgehead atoms. The van der Waals surface area contributed by atoms with E-state index in [1.165, 1.54) is 0 Å². The van der Waals surface area contributed by atoms with E-state index in [2.05, 4.69) is 4.98 Å². The topological polar surface area (TPSA) is 49.1 Å². The van der Waals surface area contributed by atoms with Gasteiger partial charge in [0, 0.05) is 0 Å². The van der Waals surface area contributed by atoms with E-state index >= 15 is 0 Å². The molecule has 1 atom stereocenters. The SMILES string of the molecule is OC(COc1ccccc1)C[n+]1cc[nH]c1. The molecule has 4 heteroatoms. The fraction of sp³-hybridized carbons (Fsp3) is 0.250. The maximum atomic E-state index is 9.72. The number of hydrogen-bond acceptors (Lipinski definition) is 2. The van der Waals surface area contributed by atoms with E-state index in [4.69, 9.17) is 4.74 Å². The summed E-state index contributed by atoms with van der Waals surface area (Å²) in [5.41, 5.74) is 0. The van der Waals surface area contributed by atoms with Crippen molar-refractivity contribution in [1.29, 1.82) is 0 Å². The molecule has 1 aromatic carbocycles. The van der Waals surface area contributed by atoms with Crippen LogP contribution in [0.4, 0.5) is 0 Å². The van der Waals surface area contributed by atoms with Crippen molar-refractivity contribution in [3.05, 3.63) is 49.1 Å². The number of benzene rings is 1. The van der Waals surface area contributed by atoms with Crippen LogP contribution in [0.2, 0.25) is 0 Å². The average molecular weight is 219 g/mol. The molecule has 1 unspecified atom stereocenters. The number of aromatic nitrogens is 2. The van der Waals surface area contributed by atoms with E-state index < -0.39 is 6.10 Å². The predicted molar refractivity (Wildman–Crippen MR) is 58.9 cm³/mol. The number of H-pyrrole nitrogens is 1. The number of para-hydroxylation sites is 1. The molecule has 1 aromatic heterocycles. The Kier molecular flexibility index (Phi) is 3.56. The van der Waals surface area contributed by atoms with Crippen molar-refractivity contribution in [2.75, 3.05) is 6.61 Å². The zero-order valence-electron chi connectivity index (χ0n) is 8.91. The highest BCUT2D eigenvalue weighted by atomic mass is 16.5. The molecule has 0 radical (unpaired) electrons. The largest absolute Gasteiger partial charge is 0.491 e. The quantitative estimate of drug-likeness (QED) is 0.729. The Bertz CT molecular complexity index is 400. The lowest BCUT2D eigenvalue weighted by Crippen LogP contribution is -2.40. The van der Waals surface area contributed by atoms with Crippen LogP contribution in [0.5, 0.6) is 5.75 Å². The summed E-state index contributed by atoms with van der Waals surface area (Å²) in [7, 11) is 0. The zero-order valence-corrected chi connectivity index (χ0v) is 8.91. The molecule has 0 aliphatic carbocycles. The summed E-state index contributed by atoms with van der Waals surface area (Å²) in [6, 6.07) is 9.48. The van der Waals surface area contributed by atoms with Crippen molar-refractivity contribution in [2.24, 2.45) is 0 Å². The van der Waals surface area contributed by atoms with Gasteiger partial charge in [0.15, 0.2) is 0 Å². The van der Waals surface area contributed by atoms with E-state index in [9.17, 15) is 5.11 Å². The first-order chi connectivity index (χ1) is 7.84. The van der Waals surface area contributed by atoms with Gasteiger partial charge in [-0.25, -0.2) is 4.57 Å². The molecule has 2 aromatic rings. The second kappa shape index (κ2) is 5.32. The van der Waals surface area contributed by atoms with E-state index in [-0.39, 0.29) is 0 Å². The number of nitrogens with zero attached hydrogens (tertiary/aromatic N) is 1.